The van der Waals surface area contributed by atoms with Crippen molar-refractivity contribution in [1.82, 2.24) is 5.43 Å². The molecule has 3 N–H and O–H groups in total. The van der Waals surface area contributed by atoms with Crippen LogP contribution >= 0.6 is 0 Å². The summed E-state index contributed by atoms with van der Waals surface area (Å²) >= 11 is 0. The molecule has 0 radical (unpaired) electrons. The van der Waals surface area contributed by atoms with Gasteiger partial charge in [-0.05, 0) is 37.5 Å². The van der Waals surface area contributed by atoms with Crippen molar-refractivity contribution in [2.75, 3.05) is 20.3 Å². The average Bonchev–Trinajstić information content (AvgIpc) is 2.36. The molecule has 0 saturated carbocycles. The maximum Gasteiger partial charge on any atom is 0.119 e. The van der Waals surface area contributed by atoms with E-state index in [1.165, 1.54) is 5.56 Å². The zero-order chi connectivity index (χ0) is 12.5. The van der Waals surface area contributed by atoms with Crippen LogP contribution in [0, 0.1) is 0 Å². The van der Waals surface area contributed by atoms with Crippen molar-refractivity contribution in [2.24, 2.45) is 5.84 Å². The second-order valence-electron chi connectivity index (χ2n) is 3.86. The Kier molecular flexibility index (Phi) is 6.62. The van der Waals surface area contributed by atoms with E-state index in [9.17, 15) is 0 Å². The van der Waals surface area contributed by atoms with Gasteiger partial charge in [0.15, 0.2) is 0 Å². The van der Waals surface area contributed by atoms with Gasteiger partial charge in [-0.2, -0.15) is 0 Å². The number of hydrogen-bond donors (Lipinski definition) is 2. The van der Waals surface area contributed by atoms with Crippen molar-refractivity contribution in [1.29, 1.82) is 0 Å². The van der Waals surface area contributed by atoms with Gasteiger partial charge in [-0.3, -0.25) is 11.3 Å². The van der Waals surface area contributed by atoms with E-state index in [0.717, 1.165) is 25.2 Å². The Labute approximate surface area is 103 Å². The third kappa shape index (κ3) is 4.73. The molecule has 1 aromatic rings. The lowest BCUT2D eigenvalue weighted by Crippen LogP contribution is -2.28. The van der Waals surface area contributed by atoms with E-state index in [-0.39, 0.29) is 6.04 Å². The molecule has 0 heterocycles. The molecule has 0 amide bonds. The topological polar surface area (TPSA) is 56.5 Å². The summed E-state index contributed by atoms with van der Waals surface area (Å²) in [5, 5.41) is 0. The summed E-state index contributed by atoms with van der Waals surface area (Å²) in [5.41, 5.74) is 4.01. The highest BCUT2D eigenvalue weighted by molar-refractivity contribution is 5.29. The fourth-order valence-corrected chi connectivity index (χ4v) is 1.74. The molecule has 96 valence electrons. The van der Waals surface area contributed by atoms with Gasteiger partial charge in [0.1, 0.15) is 5.75 Å². The van der Waals surface area contributed by atoms with Crippen LogP contribution < -0.4 is 16.0 Å². The molecule has 1 atom stereocenters. The fraction of sp³-hybridized carbons (Fsp3) is 0.538. The quantitative estimate of drug-likeness (QED) is 0.413. The molecule has 0 aliphatic heterocycles. The van der Waals surface area contributed by atoms with Gasteiger partial charge in [0.25, 0.3) is 0 Å². The van der Waals surface area contributed by atoms with Crippen molar-refractivity contribution in [3.05, 3.63) is 29.8 Å². The highest BCUT2D eigenvalue weighted by Crippen LogP contribution is 2.20. The molecule has 0 aromatic heterocycles. The molecule has 0 bridgehead atoms. The SMILES string of the molecule is CCOc1ccc(C(CCCOC)NN)cc1. The predicted molar refractivity (Wildman–Crippen MR) is 68.8 cm³/mol. The van der Waals surface area contributed by atoms with Gasteiger partial charge in [-0.15, -0.1) is 0 Å². The second kappa shape index (κ2) is 8.06. The molecule has 0 saturated heterocycles. The first-order valence-electron chi connectivity index (χ1n) is 5.99. The molecule has 4 heteroatoms. The summed E-state index contributed by atoms with van der Waals surface area (Å²) in [6.45, 7) is 3.42. The van der Waals surface area contributed by atoms with Gasteiger partial charge in [0.2, 0.25) is 0 Å². The number of methoxy groups -OCH3 is 1. The van der Waals surface area contributed by atoms with Gasteiger partial charge in [0, 0.05) is 19.8 Å². The summed E-state index contributed by atoms with van der Waals surface area (Å²) in [7, 11) is 1.71. The lowest BCUT2D eigenvalue weighted by atomic mass is 10.0. The third-order valence-corrected chi connectivity index (χ3v) is 2.64. The number of hydrogen-bond acceptors (Lipinski definition) is 4. The van der Waals surface area contributed by atoms with E-state index in [1.807, 2.05) is 31.2 Å². The first-order valence-corrected chi connectivity index (χ1v) is 5.99. The summed E-state index contributed by atoms with van der Waals surface area (Å²) < 4.78 is 10.4. The Hall–Kier alpha value is -1.10. The molecule has 1 unspecified atom stereocenters. The summed E-state index contributed by atoms with van der Waals surface area (Å²) in [6.07, 6.45) is 1.94. The molecular formula is C13H22N2O2. The Morgan fingerprint density at radius 1 is 1.29 bits per heavy atom. The minimum absolute atomic E-state index is 0.167. The minimum Gasteiger partial charge on any atom is -0.494 e. The van der Waals surface area contributed by atoms with Crippen molar-refractivity contribution in [3.8, 4) is 5.75 Å². The van der Waals surface area contributed by atoms with Crippen LogP contribution in [-0.4, -0.2) is 20.3 Å². The van der Waals surface area contributed by atoms with Crippen LogP contribution in [-0.2, 0) is 4.74 Å². The number of hydrazine groups is 1. The van der Waals surface area contributed by atoms with Gasteiger partial charge >= 0.3 is 0 Å². The maximum atomic E-state index is 5.56. The molecule has 0 spiro atoms. The van der Waals surface area contributed by atoms with Crippen LogP contribution in [0.2, 0.25) is 0 Å². The molecule has 0 aliphatic carbocycles. The standard InChI is InChI=1S/C13H22N2O2/c1-3-17-12-8-6-11(7-9-12)13(15-14)5-4-10-16-2/h6-9,13,15H,3-5,10,14H2,1-2H3. The van der Waals surface area contributed by atoms with E-state index in [2.05, 4.69) is 5.43 Å². The molecule has 1 aromatic carbocycles. The van der Waals surface area contributed by atoms with Crippen molar-refractivity contribution in [2.45, 2.75) is 25.8 Å². The van der Waals surface area contributed by atoms with Crippen LogP contribution in [0.15, 0.2) is 24.3 Å². The monoisotopic (exact) mass is 238 g/mol. The number of ether oxygens (including phenoxy) is 2. The summed E-state index contributed by atoms with van der Waals surface area (Å²) in [4.78, 5) is 0. The predicted octanol–water partition coefficient (Wildman–Crippen LogP) is 2.02. The van der Waals surface area contributed by atoms with Crippen LogP contribution in [0.1, 0.15) is 31.4 Å². The van der Waals surface area contributed by atoms with E-state index in [4.69, 9.17) is 15.3 Å². The smallest absolute Gasteiger partial charge is 0.119 e. The average molecular weight is 238 g/mol. The Balaban J connectivity index is 2.55. The zero-order valence-electron chi connectivity index (χ0n) is 10.6. The molecule has 17 heavy (non-hydrogen) atoms. The lowest BCUT2D eigenvalue weighted by Gasteiger charge is -2.16. The Bertz CT molecular complexity index is 301. The fourth-order valence-electron chi connectivity index (χ4n) is 1.74. The summed E-state index contributed by atoms with van der Waals surface area (Å²) in [6, 6.07) is 8.20. The zero-order valence-corrected chi connectivity index (χ0v) is 10.6. The Morgan fingerprint density at radius 3 is 2.53 bits per heavy atom. The van der Waals surface area contributed by atoms with E-state index in [1.54, 1.807) is 7.11 Å². The first kappa shape index (κ1) is 14.0. The Morgan fingerprint density at radius 2 is 2.00 bits per heavy atom. The number of benzene rings is 1. The molecule has 1 rings (SSSR count). The van der Waals surface area contributed by atoms with Gasteiger partial charge < -0.3 is 9.47 Å². The summed E-state index contributed by atoms with van der Waals surface area (Å²) in [5.74, 6) is 6.45. The van der Waals surface area contributed by atoms with Crippen molar-refractivity contribution < 1.29 is 9.47 Å². The molecule has 0 aliphatic rings. The highest BCUT2D eigenvalue weighted by Gasteiger charge is 2.09. The van der Waals surface area contributed by atoms with Crippen molar-refractivity contribution >= 4 is 0 Å². The maximum absolute atomic E-state index is 5.56. The number of nitrogens with one attached hydrogen (secondary N) is 1. The van der Waals surface area contributed by atoms with Crippen LogP contribution in [0.5, 0.6) is 5.75 Å². The normalized spacial score (nSPS) is 12.4. The number of nitrogens with two attached hydrogens (primary N) is 1. The van der Waals surface area contributed by atoms with Crippen LogP contribution in [0.3, 0.4) is 0 Å². The largest absolute Gasteiger partial charge is 0.494 e. The van der Waals surface area contributed by atoms with E-state index in [0.29, 0.717) is 6.61 Å². The van der Waals surface area contributed by atoms with Gasteiger partial charge in [0.05, 0.1) is 6.61 Å². The molecular weight excluding hydrogens is 216 g/mol. The second-order valence-corrected chi connectivity index (χ2v) is 3.86. The van der Waals surface area contributed by atoms with E-state index >= 15 is 0 Å². The lowest BCUT2D eigenvalue weighted by molar-refractivity contribution is 0.189. The minimum atomic E-state index is 0.167. The van der Waals surface area contributed by atoms with E-state index < -0.39 is 0 Å². The first-order chi connectivity index (χ1) is 8.31. The molecule has 0 fully saturated rings. The third-order valence-electron chi connectivity index (χ3n) is 2.64. The van der Waals surface area contributed by atoms with Gasteiger partial charge in [-0.25, -0.2) is 0 Å². The van der Waals surface area contributed by atoms with Gasteiger partial charge in [-0.1, -0.05) is 12.1 Å². The van der Waals surface area contributed by atoms with Crippen molar-refractivity contribution in [3.63, 3.8) is 0 Å². The number of rotatable bonds is 8. The highest BCUT2D eigenvalue weighted by atomic mass is 16.5. The molecule has 4 nitrogen and oxygen atoms in total. The van der Waals surface area contributed by atoms with Crippen LogP contribution in [0.25, 0.3) is 0 Å². The van der Waals surface area contributed by atoms with Crippen LogP contribution in [0.4, 0.5) is 0 Å².